The van der Waals surface area contributed by atoms with E-state index in [9.17, 15) is 20.2 Å². The van der Waals surface area contributed by atoms with Gasteiger partial charge in [-0.3, -0.25) is 20.2 Å². The van der Waals surface area contributed by atoms with Crippen molar-refractivity contribution in [3.63, 3.8) is 0 Å². The fourth-order valence-electron chi connectivity index (χ4n) is 2.14. The average molecular weight is 242 g/mol. The van der Waals surface area contributed by atoms with E-state index in [-0.39, 0.29) is 11.4 Å². The Bertz CT molecular complexity index is 816. The Morgan fingerprint density at radius 1 is 0.667 bits per heavy atom. The van der Waals surface area contributed by atoms with E-state index in [0.29, 0.717) is 10.4 Å². The molecule has 0 radical (unpaired) electrons. The van der Waals surface area contributed by atoms with Gasteiger partial charge in [-0.25, -0.2) is 0 Å². The van der Waals surface area contributed by atoms with Crippen LogP contribution in [-0.4, -0.2) is 9.85 Å². The summed E-state index contributed by atoms with van der Waals surface area (Å²) in [7, 11) is 0. The fraction of sp³-hybridized carbons (Fsp3) is 0. The van der Waals surface area contributed by atoms with Gasteiger partial charge in [-0.15, -0.1) is 0 Å². The van der Waals surface area contributed by atoms with Crippen LogP contribution in [-0.2, 0) is 0 Å². The van der Waals surface area contributed by atoms with Crippen LogP contribution in [0.4, 0.5) is 11.4 Å². The molecule has 6 nitrogen and oxygen atoms in total. The monoisotopic (exact) mass is 242 g/mol. The lowest BCUT2D eigenvalue weighted by atomic mass is 10.0. The van der Waals surface area contributed by atoms with Crippen molar-refractivity contribution in [3.05, 3.63) is 77.5 Å². The molecule has 1 aliphatic rings. The molecule has 0 aromatic heterocycles. The highest BCUT2D eigenvalue weighted by molar-refractivity contribution is 5.42. The molecule has 0 aliphatic heterocycles. The van der Waals surface area contributed by atoms with E-state index in [4.69, 9.17) is 0 Å². The van der Waals surface area contributed by atoms with Crippen molar-refractivity contribution in [1.29, 1.82) is 0 Å². The molecule has 18 heavy (non-hydrogen) atoms. The Labute approximate surface area is 99.4 Å². The summed E-state index contributed by atoms with van der Waals surface area (Å²) >= 11 is 0. The van der Waals surface area contributed by atoms with Crippen LogP contribution < -0.4 is 0 Å². The molecule has 2 aromatic carbocycles. The quantitative estimate of drug-likeness (QED) is 0.510. The standard InChI is InChI=1S/C12H6N2O4/c15-13(16)7-1-3-9-10-4-2-8(14(17)18)6-12(10)11(9)5-7/h1-6H. The first-order chi connectivity index (χ1) is 8.58. The number of hydrogen-bond acceptors (Lipinski definition) is 4. The summed E-state index contributed by atoms with van der Waals surface area (Å²) in [5, 5.41) is 24.5. The summed E-state index contributed by atoms with van der Waals surface area (Å²) in [6.07, 6.45) is 0. The third-order valence-corrected chi connectivity index (χ3v) is 3.01. The van der Waals surface area contributed by atoms with Gasteiger partial charge in [0.05, 0.1) is 9.85 Å². The average Bonchev–Trinajstić information content (AvgIpc) is 2.34. The summed E-state index contributed by atoms with van der Waals surface area (Å²) in [5.74, 6) is 0. The van der Waals surface area contributed by atoms with Gasteiger partial charge in [0.15, 0.2) is 0 Å². The van der Waals surface area contributed by atoms with Gasteiger partial charge in [-0.1, -0.05) is 0 Å². The minimum Gasteiger partial charge on any atom is -0.258 e. The summed E-state index contributed by atoms with van der Waals surface area (Å²) in [5.41, 5.74) is -0.0168. The van der Waals surface area contributed by atoms with Gasteiger partial charge >= 0.3 is 0 Å². The number of fused-ring (bicyclic) bond motifs is 2. The molecule has 0 heterocycles. The van der Waals surface area contributed by atoms with E-state index in [1.807, 2.05) is 0 Å². The number of nitrogens with zero attached hydrogens (tertiary/aromatic N) is 2. The lowest BCUT2D eigenvalue weighted by molar-refractivity contribution is -0.385. The lowest BCUT2D eigenvalue weighted by Crippen LogP contribution is -1.96. The number of nitro groups is 2. The van der Waals surface area contributed by atoms with Crippen LogP contribution in [0.3, 0.4) is 0 Å². The van der Waals surface area contributed by atoms with Crippen LogP contribution in [0.2, 0.25) is 0 Å². The van der Waals surface area contributed by atoms with Crippen molar-refractivity contribution in [1.82, 2.24) is 0 Å². The molecule has 0 fully saturated rings. The molecule has 0 spiro atoms. The molecule has 0 bridgehead atoms. The first-order valence-electron chi connectivity index (χ1n) is 5.15. The molecule has 0 atom stereocenters. The molecule has 0 saturated heterocycles. The van der Waals surface area contributed by atoms with Crippen molar-refractivity contribution in [3.8, 4) is 0 Å². The van der Waals surface area contributed by atoms with Gasteiger partial charge in [0.2, 0.25) is 0 Å². The van der Waals surface area contributed by atoms with Gasteiger partial charge in [0.1, 0.15) is 0 Å². The zero-order chi connectivity index (χ0) is 12.9. The maximum Gasteiger partial charge on any atom is 0.270 e. The summed E-state index contributed by atoms with van der Waals surface area (Å²) in [4.78, 5) is 20.4. The topological polar surface area (TPSA) is 86.3 Å². The number of nitro benzene ring substituents is 2. The lowest BCUT2D eigenvalue weighted by Gasteiger charge is -2.04. The smallest absolute Gasteiger partial charge is 0.258 e. The number of hydrogen-bond donors (Lipinski definition) is 0. The van der Waals surface area contributed by atoms with E-state index in [0.717, 1.165) is 10.4 Å². The van der Waals surface area contributed by atoms with Crippen LogP contribution in [0.25, 0.3) is 0 Å². The first-order valence-corrected chi connectivity index (χ1v) is 5.15. The van der Waals surface area contributed by atoms with Crippen LogP contribution >= 0.6 is 0 Å². The van der Waals surface area contributed by atoms with E-state index in [1.54, 1.807) is 12.1 Å². The van der Waals surface area contributed by atoms with Gasteiger partial charge in [0.25, 0.3) is 11.4 Å². The Kier molecular flexibility index (Phi) is 1.94. The zero-order valence-electron chi connectivity index (χ0n) is 8.99. The number of benzene rings is 2. The van der Waals surface area contributed by atoms with Crippen LogP contribution in [0.15, 0.2) is 36.4 Å². The molecule has 1 aliphatic carbocycles. The van der Waals surface area contributed by atoms with Crippen molar-refractivity contribution >= 4 is 11.4 Å². The minimum atomic E-state index is -0.477. The van der Waals surface area contributed by atoms with Crippen molar-refractivity contribution in [2.75, 3.05) is 0 Å². The normalized spacial score (nSPS) is 11.1. The second-order valence-electron chi connectivity index (χ2n) is 3.97. The van der Waals surface area contributed by atoms with Crippen LogP contribution in [0.1, 0.15) is 0 Å². The van der Waals surface area contributed by atoms with Crippen molar-refractivity contribution in [2.45, 2.75) is 0 Å². The zero-order valence-corrected chi connectivity index (χ0v) is 8.99. The van der Waals surface area contributed by atoms with Gasteiger partial charge in [0, 0.05) is 24.3 Å². The van der Waals surface area contributed by atoms with E-state index >= 15 is 0 Å². The molecule has 88 valence electrons. The molecular weight excluding hydrogens is 236 g/mol. The molecule has 0 unspecified atom stereocenters. The van der Waals surface area contributed by atoms with Crippen LogP contribution in [0, 0.1) is 41.1 Å². The largest absolute Gasteiger partial charge is 0.270 e. The van der Waals surface area contributed by atoms with Gasteiger partial charge < -0.3 is 0 Å². The second-order valence-corrected chi connectivity index (χ2v) is 3.97. The highest BCUT2D eigenvalue weighted by Crippen LogP contribution is 2.21. The highest BCUT2D eigenvalue weighted by atomic mass is 16.6. The Balaban J connectivity index is 2.36. The van der Waals surface area contributed by atoms with E-state index in [2.05, 4.69) is 0 Å². The van der Waals surface area contributed by atoms with Crippen molar-refractivity contribution < 1.29 is 9.85 Å². The van der Waals surface area contributed by atoms with E-state index < -0.39 is 9.85 Å². The molecule has 3 rings (SSSR count). The maximum absolute atomic E-state index is 10.7. The minimum absolute atomic E-state index is 0.00842. The molecule has 0 N–H and O–H groups in total. The SMILES string of the molecule is O=[N+]([O-])c1ccc2c(c1)=c1cc([N+](=O)[O-])ccc1=2. The molecule has 0 saturated carbocycles. The Morgan fingerprint density at radius 3 is 1.39 bits per heavy atom. The first kappa shape index (κ1) is 10.4. The predicted octanol–water partition coefficient (Wildman–Crippen LogP) is 2.39. The van der Waals surface area contributed by atoms with Crippen LogP contribution in [0.5, 0.6) is 0 Å². The van der Waals surface area contributed by atoms with Gasteiger partial charge in [-0.05, 0) is 33.0 Å². The second kappa shape index (κ2) is 3.36. The number of non-ortho nitro benzene ring substituents is 2. The molecular formula is C12H6N2O4. The maximum atomic E-state index is 10.7. The number of rotatable bonds is 2. The van der Waals surface area contributed by atoms with Gasteiger partial charge in [-0.2, -0.15) is 0 Å². The Morgan fingerprint density at radius 2 is 1.06 bits per heavy atom. The Hall–Kier alpha value is -2.76. The molecule has 6 heteroatoms. The van der Waals surface area contributed by atoms with E-state index in [1.165, 1.54) is 24.3 Å². The predicted molar refractivity (Wildman–Crippen MR) is 61.5 cm³/mol. The van der Waals surface area contributed by atoms with Crippen molar-refractivity contribution in [2.24, 2.45) is 0 Å². The fourth-order valence-corrected chi connectivity index (χ4v) is 2.14. The summed E-state index contributed by atoms with van der Waals surface area (Å²) in [6.45, 7) is 0. The third kappa shape index (κ3) is 1.29. The molecule has 0 amide bonds. The summed E-state index contributed by atoms with van der Waals surface area (Å²) < 4.78 is 0. The highest BCUT2D eigenvalue weighted by Gasteiger charge is 2.12. The molecule has 2 aromatic rings. The summed E-state index contributed by atoms with van der Waals surface area (Å²) in [6, 6.07) is 9.10. The third-order valence-electron chi connectivity index (χ3n) is 3.01.